The second kappa shape index (κ2) is 6.14. The number of amides is 2. The quantitative estimate of drug-likeness (QED) is 0.733. The maximum absolute atomic E-state index is 13.4. The van der Waals surface area contributed by atoms with Crippen LogP contribution in [0.3, 0.4) is 0 Å². The molecule has 0 N–H and O–H groups in total. The van der Waals surface area contributed by atoms with Crippen molar-refractivity contribution in [3.05, 3.63) is 17.5 Å². The summed E-state index contributed by atoms with van der Waals surface area (Å²) in [5, 5.41) is 4.19. The monoisotopic (exact) mass is 334 g/mol. The van der Waals surface area contributed by atoms with Gasteiger partial charge >= 0.3 is 0 Å². The van der Waals surface area contributed by atoms with Crippen molar-refractivity contribution in [2.45, 2.75) is 20.0 Å². The maximum atomic E-state index is 13.4. The summed E-state index contributed by atoms with van der Waals surface area (Å²) < 4.78 is 15.0. The molecule has 2 aliphatic heterocycles. The van der Waals surface area contributed by atoms with Crippen LogP contribution in [0.1, 0.15) is 23.1 Å². The van der Waals surface area contributed by atoms with Gasteiger partial charge in [-0.1, -0.05) is 0 Å². The van der Waals surface area contributed by atoms with E-state index in [1.165, 1.54) is 6.92 Å². The molecule has 9 heteroatoms. The lowest BCUT2D eigenvalue weighted by atomic mass is 10.2. The summed E-state index contributed by atoms with van der Waals surface area (Å²) in [6.07, 6.45) is -1.75. The van der Waals surface area contributed by atoms with E-state index in [4.69, 9.17) is 0 Å². The highest BCUT2D eigenvalue weighted by molar-refractivity contribution is 6.16. The maximum Gasteiger partial charge on any atom is 0.289 e. The van der Waals surface area contributed by atoms with Crippen LogP contribution in [0.4, 0.5) is 4.39 Å². The van der Waals surface area contributed by atoms with Gasteiger partial charge < -0.3 is 9.80 Å². The predicted octanol–water partition coefficient (Wildman–Crippen LogP) is 0.182. The van der Waals surface area contributed by atoms with E-state index in [-0.39, 0.29) is 17.6 Å². The lowest BCUT2D eigenvalue weighted by Gasteiger charge is -2.35. The van der Waals surface area contributed by atoms with Crippen molar-refractivity contribution in [1.82, 2.24) is 19.6 Å². The molecule has 0 radical (unpaired) electrons. The summed E-state index contributed by atoms with van der Waals surface area (Å²) in [4.78, 5) is 35.4. The fourth-order valence-electron chi connectivity index (χ4n) is 2.80. The third-order valence-corrected chi connectivity index (χ3v) is 4.14. The van der Waals surface area contributed by atoms with Crippen LogP contribution in [0.2, 0.25) is 0 Å². The van der Waals surface area contributed by atoms with Gasteiger partial charge in [0.25, 0.3) is 11.8 Å². The Hall–Kier alpha value is -2.58. The second-order valence-electron chi connectivity index (χ2n) is 5.94. The summed E-state index contributed by atoms with van der Waals surface area (Å²) >= 11 is 0. The summed E-state index contributed by atoms with van der Waals surface area (Å²) in [5.41, 5.74) is 1.45. The molecule has 2 aliphatic rings. The van der Waals surface area contributed by atoms with E-state index in [0.717, 1.165) is 5.69 Å². The van der Waals surface area contributed by atoms with Gasteiger partial charge in [0.1, 0.15) is 5.69 Å². The molecule has 0 saturated carbocycles. The molecule has 0 aromatic carbocycles. The van der Waals surface area contributed by atoms with Crippen molar-refractivity contribution in [2.75, 3.05) is 26.2 Å². The molecule has 1 fully saturated rings. The van der Waals surface area contributed by atoms with Gasteiger partial charge in [-0.15, -0.1) is 0 Å². The molecule has 1 atom stereocenters. The number of aromatic nitrogens is 2. The van der Waals surface area contributed by atoms with Crippen LogP contribution in [-0.2, 0) is 11.8 Å². The zero-order chi connectivity index (χ0) is 17.4. The number of carbonyl (C=O) groups is 2. The van der Waals surface area contributed by atoms with Gasteiger partial charge in [-0.25, -0.2) is 9.38 Å². The molecule has 128 valence electrons. The summed E-state index contributed by atoms with van der Waals surface area (Å²) in [6.45, 7) is 5.24. The lowest BCUT2D eigenvalue weighted by Crippen LogP contribution is -2.51. The Labute approximate surface area is 138 Å². The van der Waals surface area contributed by atoms with Gasteiger partial charge in [0.05, 0.1) is 11.4 Å². The number of hydrogen-bond donors (Lipinski definition) is 0. The molecule has 3 rings (SSSR count). The van der Waals surface area contributed by atoms with Gasteiger partial charge in [-0.2, -0.15) is 10.1 Å². The van der Waals surface area contributed by atoms with Crippen molar-refractivity contribution in [1.29, 1.82) is 0 Å². The largest absolute Gasteiger partial charge is 0.337 e. The van der Waals surface area contributed by atoms with Crippen molar-refractivity contribution in [2.24, 2.45) is 17.0 Å². The van der Waals surface area contributed by atoms with E-state index in [1.54, 1.807) is 27.6 Å². The van der Waals surface area contributed by atoms with E-state index in [0.29, 0.717) is 31.9 Å². The van der Waals surface area contributed by atoms with Crippen LogP contribution in [0, 0.1) is 6.92 Å². The van der Waals surface area contributed by atoms with Gasteiger partial charge in [0.15, 0.2) is 0 Å². The van der Waals surface area contributed by atoms with E-state index in [9.17, 15) is 14.0 Å². The van der Waals surface area contributed by atoms with Crippen molar-refractivity contribution < 1.29 is 14.0 Å². The van der Waals surface area contributed by atoms with Crippen LogP contribution in [-0.4, -0.2) is 75.4 Å². The Morgan fingerprint density at radius 1 is 1.21 bits per heavy atom. The topological polar surface area (TPSA) is 83.2 Å². The molecule has 0 bridgehead atoms. The summed E-state index contributed by atoms with van der Waals surface area (Å²) in [7, 11) is 1.74. The van der Waals surface area contributed by atoms with Crippen LogP contribution in [0.15, 0.2) is 16.1 Å². The Morgan fingerprint density at radius 3 is 2.42 bits per heavy atom. The summed E-state index contributed by atoms with van der Waals surface area (Å²) in [5.74, 6) is -0.667. The van der Waals surface area contributed by atoms with Gasteiger partial charge in [0, 0.05) is 33.2 Å². The minimum Gasteiger partial charge on any atom is -0.337 e. The number of rotatable bonds is 1. The molecule has 3 heterocycles. The third kappa shape index (κ3) is 2.93. The van der Waals surface area contributed by atoms with Crippen molar-refractivity contribution in [3.63, 3.8) is 0 Å². The number of aryl methyl sites for hydroxylation is 2. The minimum absolute atomic E-state index is 0.0806. The molecule has 1 unspecified atom stereocenters. The molecule has 2 amide bonds. The van der Waals surface area contributed by atoms with Crippen LogP contribution in [0.25, 0.3) is 0 Å². The molecule has 0 spiro atoms. The minimum atomic E-state index is -1.75. The highest BCUT2D eigenvalue weighted by Gasteiger charge is 2.30. The predicted molar refractivity (Wildman–Crippen MR) is 85.9 cm³/mol. The van der Waals surface area contributed by atoms with Crippen molar-refractivity contribution in [3.8, 4) is 0 Å². The average Bonchev–Trinajstić information content (AvgIpc) is 2.90. The van der Waals surface area contributed by atoms with E-state index in [2.05, 4.69) is 15.1 Å². The van der Waals surface area contributed by atoms with Gasteiger partial charge in [-0.3, -0.25) is 14.3 Å². The Bertz CT molecular complexity index is 745. The van der Waals surface area contributed by atoms with E-state index >= 15 is 0 Å². The molecule has 0 aliphatic carbocycles. The lowest BCUT2D eigenvalue weighted by molar-refractivity contribution is -0.120. The van der Waals surface area contributed by atoms with Gasteiger partial charge in [0.2, 0.25) is 12.1 Å². The smallest absolute Gasteiger partial charge is 0.289 e. The number of halogens is 1. The van der Waals surface area contributed by atoms with E-state index in [1.807, 2.05) is 6.92 Å². The second-order valence-corrected chi connectivity index (χ2v) is 5.94. The number of aliphatic imine (C=N–C) groups is 2. The number of carbonyl (C=O) groups excluding carboxylic acids is 2. The third-order valence-electron chi connectivity index (χ3n) is 4.14. The fraction of sp³-hybridized carbons (Fsp3) is 0.533. The van der Waals surface area contributed by atoms with Crippen molar-refractivity contribution >= 4 is 23.5 Å². The zero-order valence-electron chi connectivity index (χ0n) is 13.9. The van der Waals surface area contributed by atoms with Crippen LogP contribution < -0.4 is 0 Å². The van der Waals surface area contributed by atoms with Crippen LogP contribution in [0.5, 0.6) is 0 Å². The first-order valence-corrected chi connectivity index (χ1v) is 7.73. The standard InChI is InChI=1S/C15H19FN6O2/c1-9-8-11(20(3)19-9)14(24)21-4-6-22(7-5-21)15-17-10(2)12(16)13(23)18-15/h8,12H,4-7H2,1-3H3. The van der Waals surface area contributed by atoms with E-state index < -0.39 is 12.1 Å². The zero-order valence-corrected chi connectivity index (χ0v) is 13.9. The number of piperazine rings is 1. The Kier molecular flexibility index (Phi) is 4.16. The first-order valence-electron chi connectivity index (χ1n) is 7.73. The highest BCUT2D eigenvalue weighted by atomic mass is 19.1. The number of nitrogens with zero attached hydrogens (tertiary/aromatic N) is 6. The SMILES string of the molecule is CC1=NC(N2CCN(C(=O)c3cc(C)nn3C)CC2)=NC(=O)C1F. The first kappa shape index (κ1) is 16.3. The molecule has 24 heavy (non-hydrogen) atoms. The molecular formula is C15H19FN6O2. The molecule has 1 aromatic rings. The molecule has 1 saturated heterocycles. The van der Waals surface area contributed by atoms with Gasteiger partial charge in [-0.05, 0) is 19.9 Å². The fourth-order valence-corrected chi connectivity index (χ4v) is 2.80. The molecule has 1 aromatic heterocycles. The number of hydrogen-bond acceptors (Lipinski definition) is 5. The Balaban J connectivity index is 1.66. The first-order chi connectivity index (χ1) is 11.4. The normalized spacial score (nSPS) is 21.7. The highest BCUT2D eigenvalue weighted by Crippen LogP contribution is 2.13. The van der Waals surface area contributed by atoms with Crippen LogP contribution >= 0.6 is 0 Å². The Morgan fingerprint density at radius 2 is 1.88 bits per heavy atom. The molecule has 8 nitrogen and oxygen atoms in total. The average molecular weight is 334 g/mol. The molecular weight excluding hydrogens is 315 g/mol. The number of alkyl halides is 1. The number of guanidine groups is 1. The summed E-state index contributed by atoms with van der Waals surface area (Å²) in [6, 6.07) is 1.76.